The minimum atomic E-state index is -4.55. The highest BCUT2D eigenvalue weighted by Crippen LogP contribution is 2.35. The molecule has 0 aliphatic heterocycles. The quantitative estimate of drug-likeness (QED) is 0.895. The van der Waals surface area contributed by atoms with Crippen LogP contribution in [-0.2, 0) is 6.18 Å². The van der Waals surface area contributed by atoms with Gasteiger partial charge in [0.1, 0.15) is 6.04 Å². The second-order valence-corrected chi connectivity index (χ2v) is 4.59. The molecule has 1 aliphatic carbocycles. The fraction of sp³-hybridized carbons (Fsp3) is 0.385. The molecule has 7 heteroatoms. The van der Waals surface area contributed by atoms with Crippen LogP contribution in [0.5, 0.6) is 0 Å². The highest BCUT2D eigenvalue weighted by molar-refractivity contribution is 5.90. The molecule has 1 fully saturated rings. The van der Waals surface area contributed by atoms with Gasteiger partial charge in [-0.05, 0) is 30.9 Å². The van der Waals surface area contributed by atoms with Crippen molar-refractivity contribution in [1.82, 2.24) is 5.32 Å². The lowest BCUT2D eigenvalue weighted by molar-refractivity contribution is -0.136. The van der Waals surface area contributed by atoms with Gasteiger partial charge in [0.2, 0.25) is 0 Å². The second kappa shape index (κ2) is 5.41. The van der Waals surface area contributed by atoms with E-state index in [1.165, 1.54) is 18.2 Å². The lowest BCUT2D eigenvalue weighted by Gasteiger charge is -2.15. The molecule has 0 spiro atoms. The number of carbonyl (C=O) groups is 1. The van der Waals surface area contributed by atoms with Crippen molar-refractivity contribution in [2.45, 2.75) is 25.1 Å². The number of alkyl halides is 3. The maximum absolute atomic E-state index is 12.7. The van der Waals surface area contributed by atoms with E-state index in [1.807, 2.05) is 6.07 Å². The highest BCUT2D eigenvalue weighted by atomic mass is 19.4. The Morgan fingerprint density at radius 3 is 2.55 bits per heavy atom. The number of nitrogens with zero attached hydrogens (tertiary/aromatic N) is 1. The van der Waals surface area contributed by atoms with E-state index in [4.69, 9.17) is 5.26 Å². The number of para-hydroxylation sites is 1. The third-order valence-electron chi connectivity index (χ3n) is 3.00. The lowest BCUT2D eigenvalue weighted by atomic mass is 10.1. The fourth-order valence-corrected chi connectivity index (χ4v) is 1.82. The van der Waals surface area contributed by atoms with Crippen molar-refractivity contribution < 1.29 is 18.0 Å². The van der Waals surface area contributed by atoms with Crippen LogP contribution < -0.4 is 10.6 Å². The van der Waals surface area contributed by atoms with Gasteiger partial charge in [0.05, 0.1) is 17.3 Å². The number of benzene rings is 1. The maximum Gasteiger partial charge on any atom is 0.418 e. The van der Waals surface area contributed by atoms with Gasteiger partial charge in [0.25, 0.3) is 0 Å². The van der Waals surface area contributed by atoms with E-state index in [-0.39, 0.29) is 11.6 Å². The van der Waals surface area contributed by atoms with Crippen molar-refractivity contribution in [2.75, 3.05) is 5.32 Å². The summed E-state index contributed by atoms with van der Waals surface area (Å²) < 4.78 is 38.2. The van der Waals surface area contributed by atoms with Crippen molar-refractivity contribution in [3.05, 3.63) is 29.8 Å². The number of urea groups is 1. The van der Waals surface area contributed by atoms with E-state index in [2.05, 4.69) is 10.6 Å². The standard InChI is InChI=1S/C13H12F3N3O/c14-13(15,16)9-3-1-2-4-10(9)18-12(20)19-11(7-17)8-5-6-8/h1-4,8,11H,5-6H2,(H2,18,19,20). The molecule has 20 heavy (non-hydrogen) atoms. The monoisotopic (exact) mass is 283 g/mol. The summed E-state index contributed by atoms with van der Waals surface area (Å²) in [4.78, 5) is 11.7. The van der Waals surface area contributed by atoms with Crippen molar-refractivity contribution in [3.63, 3.8) is 0 Å². The van der Waals surface area contributed by atoms with E-state index >= 15 is 0 Å². The summed E-state index contributed by atoms with van der Waals surface area (Å²) in [5.74, 6) is 0.101. The molecule has 2 N–H and O–H groups in total. The number of nitriles is 1. The fourth-order valence-electron chi connectivity index (χ4n) is 1.82. The largest absolute Gasteiger partial charge is 0.418 e. The molecule has 0 radical (unpaired) electrons. The van der Waals surface area contributed by atoms with Gasteiger partial charge >= 0.3 is 12.2 Å². The predicted molar refractivity (Wildman–Crippen MR) is 65.7 cm³/mol. The number of hydrogen-bond donors (Lipinski definition) is 2. The van der Waals surface area contributed by atoms with Crippen LogP contribution >= 0.6 is 0 Å². The number of rotatable bonds is 3. The van der Waals surface area contributed by atoms with E-state index in [0.29, 0.717) is 0 Å². The zero-order chi connectivity index (χ0) is 14.8. The number of hydrogen-bond acceptors (Lipinski definition) is 2. The van der Waals surface area contributed by atoms with Gasteiger partial charge in [-0.2, -0.15) is 18.4 Å². The lowest BCUT2D eigenvalue weighted by Crippen LogP contribution is -2.38. The van der Waals surface area contributed by atoms with Gasteiger partial charge in [-0.15, -0.1) is 0 Å². The Morgan fingerprint density at radius 2 is 2.00 bits per heavy atom. The predicted octanol–water partition coefficient (Wildman–Crippen LogP) is 3.13. The average Bonchev–Trinajstić information content (AvgIpc) is 3.19. The Labute approximate surface area is 113 Å². The van der Waals surface area contributed by atoms with Gasteiger partial charge in [-0.25, -0.2) is 4.79 Å². The minimum absolute atomic E-state index is 0.101. The Hall–Kier alpha value is -2.23. The average molecular weight is 283 g/mol. The first kappa shape index (κ1) is 14.2. The van der Waals surface area contributed by atoms with E-state index in [9.17, 15) is 18.0 Å². The third kappa shape index (κ3) is 3.41. The summed E-state index contributed by atoms with van der Waals surface area (Å²) in [7, 11) is 0. The van der Waals surface area contributed by atoms with Crippen molar-refractivity contribution in [2.24, 2.45) is 5.92 Å². The molecule has 106 valence electrons. The molecule has 4 nitrogen and oxygen atoms in total. The second-order valence-electron chi connectivity index (χ2n) is 4.59. The summed E-state index contributed by atoms with van der Waals surface area (Å²) in [5.41, 5.74) is -1.25. The first-order valence-electron chi connectivity index (χ1n) is 6.05. The summed E-state index contributed by atoms with van der Waals surface area (Å²) in [6.07, 6.45) is -2.86. The van der Waals surface area contributed by atoms with E-state index in [1.54, 1.807) is 0 Å². The SMILES string of the molecule is N#CC(NC(=O)Nc1ccccc1C(F)(F)F)C1CC1. The van der Waals surface area contributed by atoms with Crippen LogP contribution in [0.2, 0.25) is 0 Å². The third-order valence-corrected chi connectivity index (χ3v) is 3.00. The van der Waals surface area contributed by atoms with Crippen LogP contribution in [0.15, 0.2) is 24.3 Å². The zero-order valence-corrected chi connectivity index (χ0v) is 10.4. The summed E-state index contributed by atoms with van der Waals surface area (Å²) in [6, 6.07) is 5.16. The summed E-state index contributed by atoms with van der Waals surface area (Å²) in [6.45, 7) is 0. The molecular weight excluding hydrogens is 271 g/mol. The molecular formula is C13H12F3N3O. The molecule has 0 bridgehead atoms. The Kier molecular flexibility index (Phi) is 3.84. The number of halogens is 3. The molecule has 2 rings (SSSR count). The van der Waals surface area contributed by atoms with Crippen LogP contribution in [-0.4, -0.2) is 12.1 Å². The van der Waals surface area contributed by atoms with Gasteiger partial charge in [-0.1, -0.05) is 12.1 Å². The molecule has 2 amide bonds. The molecule has 1 atom stereocenters. The van der Waals surface area contributed by atoms with Crippen molar-refractivity contribution >= 4 is 11.7 Å². The van der Waals surface area contributed by atoms with Crippen LogP contribution in [0.4, 0.5) is 23.7 Å². The number of nitrogens with one attached hydrogen (secondary N) is 2. The van der Waals surface area contributed by atoms with E-state index in [0.717, 1.165) is 18.9 Å². The van der Waals surface area contributed by atoms with Gasteiger partial charge in [0, 0.05) is 0 Å². The van der Waals surface area contributed by atoms with E-state index < -0.39 is 23.8 Å². The Balaban J connectivity index is 2.06. The number of amides is 2. The molecule has 1 aromatic carbocycles. The molecule has 1 unspecified atom stereocenters. The van der Waals surface area contributed by atoms with Crippen molar-refractivity contribution in [1.29, 1.82) is 5.26 Å². The summed E-state index contributed by atoms with van der Waals surface area (Å²) >= 11 is 0. The van der Waals surface area contributed by atoms with Gasteiger partial charge in [0.15, 0.2) is 0 Å². The van der Waals surface area contributed by atoms with Crippen LogP contribution in [0, 0.1) is 17.2 Å². The van der Waals surface area contributed by atoms with Crippen LogP contribution in [0.3, 0.4) is 0 Å². The first-order valence-corrected chi connectivity index (χ1v) is 6.05. The normalized spacial score (nSPS) is 16.1. The highest BCUT2D eigenvalue weighted by Gasteiger charge is 2.35. The van der Waals surface area contributed by atoms with Gasteiger partial charge < -0.3 is 10.6 Å². The molecule has 0 saturated heterocycles. The smallest absolute Gasteiger partial charge is 0.322 e. The molecule has 1 aromatic rings. The minimum Gasteiger partial charge on any atom is -0.322 e. The number of anilines is 1. The molecule has 1 aliphatic rings. The number of carbonyl (C=O) groups excluding carboxylic acids is 1. The molecule has 0 heterocycles. The van der Waals surface area contributed by atoms with Gasteiger partial charge in [-0.3, -0.25) is 0 Å². The zero-order valence-electron chi connectivity index (χ0n) is 10.4. The first-order chi connectivity index (χ1) is 9.41. The van der Waals surface area contributed by atoms with Crippen molar-refractivity contribution in [3.8, 4) is 6.07 Å². The Bertz CT molecular complexity index is 547. The van der Waals surface area contributed by atoms with Crippen LogP contribution in [0.1, 0.15) is 18.4 Å². The summed E-state index contributed by atoms with van der Waals surface area (Å²) in [5, 5.41) is 13.4. The maximum atomic E-state index is 12.7. The molecule has 1 saturated carbocycles. The Morgan fingerprint density at radius 1 is 1.35 bits per heavy atom. The van der Waals surface area contributed by atoms with Crippen LogP contribution in [0.25, 0.3) is 0 Å². The topological polar surface area (TPSA) is 64.9 Å². The molecule has 0 aromatic heterocycles.